The van der Waals surface area contributed by atoms with Crippen molar-refractivity contribution < 1.29 is 9.53 Å². The molecule has 1 amide bonds. The molecule has 3 heterocycles. The number of fused-ring (bicyclic) bond motifs is 1. The van der Waals surface area contributed by atoms with Gasteiger partial charge in [0.05, 0.1) is 18.9 Å². The van der Waals surface area contributed by atoms with Gasteiger partial charge in [0.15, 0.2) is 0 Å². The molecule has 0 radical (unpaired) electrons. The number of carbonyl (C=O) groups excluding carboxylic acids is 1. The quantitative estimate of drug-likeness (QED) is 0.676. The average molecular weight is 218 g/mol. The molecular weight excluding hydrogens is 208 g/mol. The third-order valence-corrected chi connectivity index (χ3v) is 2.67. The van der Waals surface area contributed by atoms with E-state index in [1.165, 1.54) is 5.01 Å². The Kier molecular flexibility index (Phi) is 2.14. The van der Waals surface area contributed by atoms with Crippen LogP contribution < -0.4 is 5.01 Å². The molecule has 82 valence electrons. The van der Waals surface area contributed by atoms with E-state index in [9.17, 15) is 4.79 Å². The topological polar surface area (TPSA) is 67.7 Å². The Balaban J connectivity index is 1.93. The first-order chi connectivity index (χ1) is 7.86. The van der Waals surface area contributed by atoms with Gasteiger partial charge in [-0.15, -0.1) is 0 Å². The lowest BCUT2D eigenvalue weighted by atomic mass is 10.0. The number of anilines is 1. The molecule has 0 spiro atoms. The van der Waals surface area contributed by atoms with Crippen LogP contribution in [0.4, 0.5) is 5.95 Å². The van der Waals surface area contributed by atoms with Crippen LogP contribution in [0.5, 0.6) is 0 Å². The largest absolute Gasteiger partial charge is 0.380 e. The van der Waals surface area contributed by atoms with Crippen molar-refractivity contribution in [1.29, 1.82) is 0 Å². The normalized spacial score (nSPS) is 24.2. The van der Waals surface area contributed by atoms with Gasteiger partial charge in [0.25, 0.3) is 11.9 Å². The van der Waals surface area contributed by atoms with Crippen LogP contribution in [0, 0.1) is 5.92 Å². The van der Waals surface area contributed by atoms with Gasteiger partial charge < -0.3 is 4.74 Å². The summed E-state index contributed by atoms with van der Waals surface area (Å²) >= 11 is 0. The zero-order valence-electron chi connectivity index (χ0n) is 8.54. The van der Waals surface area contributed by atoms with Crippen molar-refractivity contribution in [1.82, 2.24) is 9.97 Å². The van der Waals surface area contributed by atoms with Crippen molar-refractivity contribution in [2.24, 2.45) is 11.0 Å². The summed E-state index contributed by atoms with van der Waals surface area (Å²) in [5.74, 6) is -0.00661. The van der Waals surface area contributed by atoms with Crippen molar-refractivity contribution in [3.63, 3.8) is 0 Å². The van der Waals surface area contributed by atoms with E-state index >= 15 is 0 Å². The molecule has 2 aliphatic heterocycles. The molecule has 0 aromatic carbocycles. The molecule has 0 bridgehead atoms. The van der Waals surface area contributed by atoms with Crippen LogP contribution in [-0.2, 0) is 9.53 Å². The first-order valence-corrected chi connectivity index (χ1v) is 5.12. The molecule has 16 heavy (non-hydrogen) atoms. The Bertz CT molecular complexity index is 445. The summed E-state index contributed by atoms with van der Waals surface area (Å²) in [6.45, 7) is 1.05. The van der Waals surface area contributed by atoms with Gasteiger partial charge in [-0.25, -0.2) is 9.97 Å². The van der Waals surface area contributed by atoms with Gasteiger partial charge in [-0.05, 0) is 6.07 Å². The minimum absolute atomic E-state index is 0.0964. The third-order valence-electron chi connectivity index (χ3n) is 2.67. The number of rotatable bonds is 1. The highest BCUT2D eigenvalue weighted by Crippen LogP contribution is 2.24. The van der Waals surface area contributed by atoms with Gasteiger partial charge in [0.1, 0.15) is 5.92 Å². The number of hydrazone groups is 1. The first kappa shape index (κ1) is 9.41. The van der Waals surface area contributed by atoms with E-state index in [2.05, 4.69) is 15.1 Å². The number of hydrogen-bond donors (Lipinski definition) is 0. The lowest BCUT2D eigenvalue weighted by molar-refractivity contribution is -0.121. The van der Waals surface area contributed by atoms with E-state index in [1.54, 1.807) is 18.5 Å². The molecule has 1 saturated heterocycles. The Morgan fingerprint density at radius 3 is 2.94 bits per heavy atom. The fourth-order valence-corrected chi connectivity index (χ4v) is 1.85. The number of amides is 1. The SMILES string of the molecule is O=C1C2COCCC2=NN1c1ncccn1. The lowest BCUT2D eigenvalue weighted by Gasteiger charge is -2.16. The average Bonchev–Trinajstić information content (AvgIpc) is 2.69. The molecule has 0 aliphatic carbocycles. The molecule has 1 atom stereocenters. The summed E-state index contributed by atoms with van der Waals surface area (Å²) in [6, 6.07) is 1.70. The third kappa shape index (κ3) is 1.38. The number of hydrogen-bond acceptors (Lipinski definition) is 5. The Hall–Kier alpha value is -1.82. The summed E-state index contributed by atoms with van der Waals surface area (Å²) in [5, 5.41) is 5.53. The summed E-state index contributed by atoms with van der Waals surface area (Å²) in [5.41, 5.74) is 0.878. The van der Waals surface area contributed by atoms with Crippen molar-refractivity contribution in [3.8, 4) is 0 Å². The first-order valence-electron chi connectivity index (χ1n) is 5.12. The fraction of sp³-hybridized carbons (Fsp3) is 0.400. The van der Waals surface area contributed by atoms with Crippen LogP contribution in [0.15, 0.2) is 23.6 Å². The number of carbonyl (C=O) groups is 1. The molecule has 1 fully saturated rings. The zero-order chi connectivity index (χ0) is 11.0. The molecule has 6 heteroatoms. The monoisotopic (exact) mass is 218 g/mol. The Morgan fingerprint density at radius 2 is 2.19 bits per heavy atom. The minimum atomic E-state index is -0.238. The second-order valence-corrected chi connectivity index (χ2v) is 3.67. The predicted molar refractivity (Wildman–Crippen MR) is 55.9 cm³/mol. The maximum Gasteiger partial charge on any atom is 0.261 e. The summed E-state index contributed by atoms with van der Waals surface area (Å²) in [6.07, 6.45) is 3.89. The maximum atomic E-state index is 12.0. The van der Waals surface area contributed by atoms with E-state index in [0.717, 1.165) is 5.71 Å². The van der Waals surface area contributed by atoms with Crippen LogP contribution in [-0.4, -0.2) is 34.8 Å². The number of nitrogens with zero attached hydrogens (tertiary/aromatic N) is 4. The molecule has 0 saturated carbocycles. The smallest absolute Gasteiger partial charge is 0.261 e. The maximum absolute atomic E-state index is 12.0. The van der Waals surface area contributed by atoms with Crippen molar-refractivity contribution in [2.75, 3.05) is 18.2 Å². The zero-order valence-corrected chi connectivity index (χ0v) is 8.54. The highest BCUT2D eigenvalue weighted by Gasteiger charge is 2.39. The van der Waals surface area contributed by atoms with Gasteiger partial charge in [0, 0.05) is 18.8 Å². The van der Waals surface area contributed by atoms with Gasteiger partial charge in [-0.2, -0.15) is 10.1 Å². The second-order valence-electron chi connectivity index (χ2n) is 3.67. The Morgan fingerprint density at radius 1 is 1.38 bits per heavy atom. The van der Waals surface area contributed by atoms with Gasteiger partial charge in [-0.3, -0.25) is 4.79 Å². The van der Waals surface area contributed by atoms with E-state index < -0.39 is 0 Å². The molecule has 1 aromatic heterocycles. The molecule has 1 aromatic rings. The van der Waals surface area contributed by atoms with E-state index in [0.29, 0.717) is 25.6 Å². The summed E-state index contributed by atoms with van der Waals surface area (Å²) in [7, 11) is 0. The lowest BCUT2D eigenvalue weighted by Crippen LogP contribution is -2.34. The predicted octanol–water partition coefficient (Wildman–Crippen LogP) is 0.216. The molecule has 0 N–H and O–H groups in total. The number of ether oxygens (including phenoxy) is 1. The van der Waals surface area contributed by atoms with Crippen LogP contribution in [0.3, 0.4) is 0 Å². The van der Waals surface area contributed by atoms with E-state index in [-0.39, 0.29) is 11.8 Å². The van der Waals surface area contributed by atoms with Gasteiger partial charge in [0.2, 0.25) is 0 Å². The standard InChI is InChI=1S/C10H10N4O2/c15-9-7-6-16-5-2-8(7)13-14(9)10-11-3-1-4-12-10/h1,3-4,7H,2,5-6H2. The van der Waals surface area contributed by atoms with Gasteiger partial charge >= 0.3 is 0 Å². The highest BCUT2D eigenvalue weighted by molar-refractivity contribution is 6.15. The van der Waals surface area contributed by atoms with Crippen LogP contribution in [0.25, 0.3) is 0 Å². The van der Waals surface area contributed by atoms with Crippen molar-refractivity contribution in [3.05, 3.63) is 18.5 Å². The van der Waals surface area contributed by atoms with Crippen LogP contribution >= 0.6 is 0 Å². The van der Waals surface area contributed by atoms with Crippen LogP contribution in [0.1, 0.15) is 6.42 Å². The molecule has 1 unspecified atom stereocenters. The highest BCUT2D eigenvalue weighted by atomic mass is 16.5. The minimum Gasteiger partial charge on any atom is -0.380 e. The van der Waals surface area contributed by atoms with Gasteiger partial charge in [-0.1, -0.05) is 0 Å². The number of aromatic nitrogens is 2. The van der Waals surface area contributed by atoms with E-state index in [4.69, 9.17) is 4.74 Å². The second kappa shape index (κ2) is 3.64. The van der Waals surface area contributed by atoms with Crippen molar-refractivity contribution >= 4 is 17.6 Å². The van der Waals surface area contributed by atoms with Crippen LogP contribution in [0.2, 0.25) is 0 Å². The van der Waals surface area contributed by atoms with Crippen molar-refractivity contribution in [2.45, 2.75) is 6.42 Å². The molecule has 2 aliphatic rings. The fourth-order valence-electron chi connectivity index (χ4n) is 1.85. The molecule has 3 rings (SSSR count). The molecular formula is C10H10N4O2. The van der Waals surface area contributed by atoms with E-state index in [1.807, 2.05) is 0 Å². The Labute approximate surface area is 91.9 Å². The summed E-state index contributed by atoms with van der Waals surface area (Å²) < 4.78 is 5.27. The summed E-state index contributed by atoms with van der Waals surface area (Å²) in [4.78, 5) is 20.0. The molecule has 6 nitrogen and oxygen atoms in total.